The van der Waals surface area contributed by atoms with Crippen molar-refractivity contribution in [1.82, 2.24) is 4.57 Å². The zero-order chi connectivity index (χ0) is 37.5. The second-order valence-corrected chi connectivity index (χ2v) is 17.9. The first kappa shape index (κ1) is 32.1. The van der Waals surface area contributed by atoms with Gasteiger partial charge in [0.1, 0.15) is 0 Å². The zero-order valence-electron chi connectivity index (χ0n) is 31.9. The number of thiophene rings is 1. The Morgan fingerprint density at radius 2 is 0.929 bits per heavy atom. The summed E-state index contributed by atoms with van der Waals surface area (Å²) in [4.78, 5) is 0. The monoisotopic (exact) mass is 733 g/mol. The van der Waals surface area contributed by atoms with Crippen LogP contribution in [0.4, 0.5) is 0 Å². The molecule has 2 heteroatoms. The Kier molecular flexibility index (Phi) is 6.40. The lowest BCUT2D eigenvalue weighted by atomic mass is 9.78. The topological polar surface area (TPSA) is 4.93 Å². The Labute approximate surface area is 331 Å². The SMILES string of the molecule is CC1(C)c2ccccc2-c2cccc(-c3ccc4c5c(-c6cccc7c6C(C)(C)c6ccccc6-7)cccc5n(-c5ccc6c(c5)sc5ccccc56)c4c3)c21. The third-order valence-corrected chi connectivity index (χ3v) is 14.3. The van der Waals surface area contributed by atoms with Crippen LogP contribution in [-0.4, -0.2) is 4.57 Å². The molecule has 2 heterocycles. The van der Waals surface area contributed by atoms with Gasteiger partial charge < -0.3 is 4.57 Å². The van der Waals surface area contributed by atoms with Crippen LogP contribution in [0.1, 0.15) is 49.9 Å². The number of rotatable bonds is 3. The van der Waals surface area contributed by atoms with E-state index in [-0.39, 0.29) is 10.8 Å². The summed E-state index contributed by atoms with van der Waals surface area (Å²) < 4.78 is 5.18. The summed E-state index contributed by atoms with van der Waals surface area (Å²) in [5.74, 6) is 0. The molecule has 0 unspecified atom stereocenters. The highest BCUT2D eigenvalue weighted by molar-refractivity contribution is 7.25. The summed E-state index contributed by atoms with van der Waals surface area (Å²) >= 11 is 1.89. The number of benzene rings is 8. The summed E-state index contributed by atoms with van der Waals surface area (Å²) in [6.07, 6.45) is 0. The van der Waals surface area contributed by atoms with Crippen LogP contribution in [0.25, 0.3) is 92.2 Å². The zero-order valence-corrected chi connectivity index (χ0v) is 32.8. The fourth-order valence-corrected chi connectivity index (χ4v) is 11.9. The first-order valence-corrected chi connectivity index (χ1v) is 20.6. The fourth-order valence-electron chi connectivity index (χ4n) is 10.8. The average Bonchev–Trinajstić information content (AvgIpc) is 3.91. The molecule has 0 radical (unpaired) electrons. The van der Waals surface area contributed by atoms with E-state index in [0.717, 1.165) is 0 Å². The molecule has 2 aromatic heterocycles. The molecule has 2 aliphatic rings. The Balaban J connectivity index is 1.15. The standard InChI is InChI=1S/C54H39NS/c1-53(2)44-22-8-5-14-35(44)40-19-11-17-34(51(40)53)32-26-28-43-47(30-32)55(33-27-29-38-37-16-7-10-25-48(37)56-49(38)31-33)46-24-13-18-39(50(43)46)42-21-12-20-41-36-15-6-9-23-45(36)54(3,4)52(41)42/h5-31H,1-4H3. The van der Waals surface area contributed by atoms with E-state index in [9.17, 15) is 0 Å². The molecule has 0 N–H and O–H groups in total. The van der Waals surface area contributed by atoms with Crippen LogP contribution in [0, 0.1) is 0 Å². The predicted octanol–water partition coefficient (Wildman–Crippen LogP) is 15.1. The average molecular weight is 734 g/mol. The number of nitrogens with zero attached hydrogens (tertiary/aromatic N) is 1. The highest BCUT2D eigenvalue weighted by atomic mass is 32.1. The van der Waals surface area contributed by atoms with Gasteiger partial charge in [-0.3, -0.25) is 0 Å². The van der Waals surface area contributed by atoms with Gasteiger partial charge in [-0.1, -0.05) is 161 Å². The number of hydrogen-bond acceptors (Lipinski definition) is 1. The lowest BCUT2D eigenvalue weighted by molar-refractivity contribution is 0.662. The molecule has 1 nitrogen and oxygen atoms in total. The van der Waals surface area contributed by atoms with Crippen LogP contribution in [-0.2, 0) is 10.8 Å². The van der Waals surface area contributed by atoms with Crippen molar-refractivity contribution in [2.24, 2.45) is 0 Å². The maximum absolute atomic E-state index is 2.54. The molecule has 56 heavy (non-hydrogen) atoms. The summed E-state index contributed by atoms with van der Waals surface area (Å²) in [6.45, 7) is 9.58. The maximum atomic E-state index is 2.54. The fraction of sp³-hybridized carbons (Fsp3) is 0.111. The van der Waals surface area contributed by atoms with Crippen molar-refractivity contribution in [3.63, 3.8) is 0 Å². The lowest BCUT2D eigenvalue weighted by Crippen LogP contribution is -2.16. The Hall–Kier alpha value is -6.22. The summed E-state index contributed by atoms with van der Waals surface area (Å²) in [5.41, 5.74) is 19.6. The van der Waals surface area contributed by atoms with Crippen LogP contribution >= 0.6 is 11.3 Å². The van der Waals surface area contributed by atoms with Gasteiger partial charge in [0.15, 0.2) is 0 Å². The molecular formula is C54H39NS. The van der Waals surface area contributed by atoms with E-state index in [4.69, 9.17) is 0 Å². The van der Waals surface area contributed by atoms with Crippen molar-refractivity contribution in [1.29, 1.82) is 0 Å². The first-order chi connectivity index (χ1) is 27.3. The molecule has 0 saturated heterocycles. The van der Waals surface area contributed by atoms with Crippen molar-refractivity contribution in [3.05, 3.63) is 186 Å². The second-order valence-electron chi connectivity index (χ2n) is 16.8. The smallest absolute Gasteiger partial charge is 0.0547 e. The molecule has 0 amide bonds. The molecule has 12 rings (SSSR count). The number of fused-ring (bicyclic) bond motifs is 12. The predicted molar refractivity (Wildman–Crippen MR) is 240 cm³/mol. The van der Waals surface area contributed by atoms with Gasteiger partial charge in [0.25, 0.3) is 0 Å². The van der Waals surface area contributed by atoms with Gasteiger partial charge in [-0.2, -0.15) is 0 Å². The van der Waals surface area contributed by atoms with Gasteiger partial charge in [-0.25, -0.2) is 0 Å². The normalized spacial score (nSPS) is 14.7. The quantitative estimate of drug-likeness (QED) is 0.170. The molecular weight excluding hydrogens is 695 g/mol. The van der Waals surface area contributed by atoms with Crippen molar-refractivity contribution in [3.8, 4) is 50.2 Å². The van der Waals surface area contributed by atoms with Gasteiger partial charge >= 0.3 is 0 Å². The first-order valence-electron chi connectivity index (χ1n) is 19.8. The van der Waals surface area contributed by atoms with Crippen LogP contribution in [0.2, 0.25) is 0 Å². The summed E-state index contributed by atoms with van der Waals surface area (Å²) in [5, 5.41) is 5.22. The van der Waals surface area contributed by atoms with Gasteiger partial charge in [-0.15, -0.1) is 11.3 Å². The largest absolute Gasteiger partial charge is 0.309 e. The molecule has 0 spiro atoms. The highest BCUT2D eigenvalue weighted by Gasteiger charge is 2.39. The Morgan fingerprint density at radius 1 is 0.393 bits per heavy atom. The third kappa shape index (κ3) is 4.15. The molecule has 8 aromatic carbocycles. The molecule has 266 valence electrons. The van der Waals surface area contributed by atoms with Crippen molar-refractivity contribution < 1.29 is 0 Å². The van der Waals surface area contributed by atoms with E-state index in [1.54, 1.807) is 0 Å². The summed E-state index contributed by atoms with van der Waals surface area (Å²) in [7, 11) is 0. The second kappa shape index (κ2) is 11.2. The molecule has 0 fully saturated rings. The molecule has 0 atom stereocenters. The van der Waals surface area contributed by atoms with E-state index < -0.39 is 0 Å². The van der Waals surface area contributed by atoms with Crippen LogP contribution in [0.15, 0.2) is 164 Å². The lowest BCUT2D eigenvalue weighted by Gasteiger charge is -2.25. The number of aromatic nitrogens is 1. The minimum Gasteiger partial charge on any atom is -0.309 e. The van der Waals surface area contributed by atoms with Crippen molar-refractivity contribution >= 4 is 53.3 Å². The van der Waals surface area contributed by atoms with Gasteiger partial charge in [0.05, 0.1) is 11.0 Å². The molecule has 10 aromatic rings. The third-order valence-electron chi connectivity index (χ3n) is 13.2. The molecule has 0 aliphatic heterocycles. The highest BCUT2D eigenvalue weighted by Crippen LogP contribution is 2.55. The molecule has 0 saturated carbocycles. The molecule has 2 aliphatic carbocycles. The van der Waals surface area contributed by atoms with Crippen LogP contribution in [0.3, 0.4) is 0 Å². The Morgan fingerprint density at radius 3 is 1.66 bits per heavy atom. The minimum absolute atomic E-state index is 0.109. The van der Waals surface area contributed by atoms with E-state index in [0.29, 0.717) is 0 Å². The minimum atomic E-state index is -0.124. The summed E-state index contributed by atoms with van der Waals surface area (Å²) in [6, 6.07) is 61.9. The van der Waals surface area contributed by atoms with Crippen molar-refractivity contribution in [2.45, 2.75) is 38.5 Å². The van der Waals surface area contributed by atoms with E-state index >= 15 is 0 Å². The van der Waals surface area contributed by atoms with E-state index in [1.807, 2.05) is 11.3 Å². The number of hydrogen-bond donors (Lipinski definition) is 0. The van der Waals surface area contributed by atoms with Gasteiger partial charge in [0, 0.05) is 47.5 Å². The van der Waals surface area contributed by atoms with Gasteiger partial charge in [0.2, 0.25) is 0 Å². The molecule has 0 bridgehead atoms. The maximum Gasteiger partial charge on any atom is 0.0547 e. The van der Waals surface area contributed by atoms with E-state index in [1.165, 1.54) is 114 Å². The Bertz CT molecular complexity index is 3310. The van der Waals surface area contributed by atoms with E-state index in [2.05, 4.69) is 196 Å². The van der Waals surface area contributed by atoms with Crippen LogP contribution in [0.5, 0.6) is 0 Å². The van der Waals surface area contributed by atoms with Crippen LogP contribution < -0.4 is 0 Å². The van der Waals surface area contributed by atoms with Gasteiger partial charge in [-0.05, 0) is 97.1 Å². The van der Waals surface area contributed by atoms with Crippen molar-refractivity contribution in [2.75, 3.05) is 0 Å².